The molecule has 2 aromatic carbocycles. The second-order valence-corrected chi connectivity index (χ2v) is 7.59. The number of nitro benzene ring substituents is 1. The number of unbranched alkanes of at least 4 members (excludes halogenated alkanes) is 1. The number of nitrogens with zero attached hydrogens (tertiary/aromatic N) is 4. The SMILES string of the molecule is CCCCc1nc2ccc(Br)cc2c(=O)n1N=Cc1cc2c(cc1[N+](=O)[O-])OCO2. The number of rotatable bonds is 6. The summed E-state index contributed by atoms with van der Waals surface area (Å²) >= 11 is 3.37. The molecule has 0 aliphatic carbocycles. The van der Waals surface area contributed by atoms with Gasteiger partial charge in [0, 0.05) is 10.9 Å². The van der Waals surface area contributed by atoms with Crippen molar-refractivity contribution in [3.63, 3.8) is 0 Å². The van der Waals surface area contributed by atoms with Gasteiger partial charge in [0.15, 0.2) is 11.5 Å². The third kappa shape index (κ3) is 3.78. The van der Waals surface area contributed by atoms with Crippen molar-refractivity contribution >= 4 is 38.7 Å². The highest BCUT2D eigenvalue weighted by atomic mass is 79.9. The van der Waals surface area contributed by atoms with Crippen LogP contribution in [0.3, 0.4) is 0 Å². The third-order valence-corrected chi connectivity index (χ3v) is 5.15. The van der Waals surface area contributed by atoms with Crippen molar-refractivity contribution in [1.82, 2.24) is 9.66 Å². The van der Waals surface area contributed by atoms with Crippen LogP contribution < -0.4 is 15.0 Å². The van der Waals surface area contributed by atoms with Gasteiger partial charge in [0.1, 0.15) is 5.82 Å². The van der Waals surface area contributed by atoms with Gasteiger partial charge < -0.3 is 9.47 Å². The van der Waals surface area contributed by atoms with Crippen molar-refractivity contribution in [3.05, 3.63) is 66.7 Å². The summed E-state index contributed by atoms with van der Waals surface area (Å²) in [6, 6.07) is 8.05. The Balaban J connectivity index is 1.85. The lowest BCUT2D eigenvalue weighted by Crippen LogP contribution is -2.22. The van der Waals surface area contributed by atoms with E-state index in [1.165, 1.54) is 23.0 Å². The molecule has 1 aliphatic heterocycles. The van der Waals surface area contributed by atoms with Crippen molar-refractivity contribution in [2.75, 3.05) is 6.79 Å². The molecule has 1 aliphatic rings. The lowest BCUT2D eigenvalue weighted by Gasteiger charge is -2.09. The Labute approximate surface area is 179 Å². The minimum Gasteiger partial charge on any atom is -0.454 e. The van der Waals surface area contributed by atoms with E-state index in [9.17, 15) is 14.9 Å². The molecule has 2 heterocycles. The Kier molecular flexibility index (Phi) is 5.49. The first kappa shape index (κ1) is 20.0. The van der Waals surface area contributed by atoms with Crippen LogP contribution >= 0.6 is 15.9 Å². The largest absolute Gasteiger partial charge is 0.454 e. The number of nitro groups is 1. The third-order valence-electron chi connectivity index (χ3n) is 4.66. The van der Waals surface area contributed by atoms with E-state index in [4.69, 9.17) is 9.47 Å². The fraction of sp³-hybridized carbons (Fsp3) is 0.250. The van der Waals surface area contributed by atoms with E-state index in [1.807, 2.05) is 13.0 Å². The quantitative estimate of drug-likeness (QED) is 0.304. The van der Waals surface area contributed by atoms with E-state index in [0.29, 0.717) is 34.6 Å². The van der Waals surface area contributed by atoms with Gasteiger partial charge in [0.25, 0.3) is 11.2 Å². The fourth-order valence-corrected chi connectivity index (χ4v) is 3.50. The minimum atomic E-state index is -0.528. The first-order valence-electron chi connectivity index (χ1n) is 9.31. The molecule has 9 nitrogen and oxygen atoms in total. The highest BCUT2D eigenvalue weighted by Crippen LogP contribution is 2.37. The number of aromatic nitrogens is 2. The average molecular weight is 473 g/mol. The molecule has 0 bridgehead atoms. The van der Waals surface area contributed by atoms with E-state index in [2.05, 4.69) is 26.0 Å². The lowest BCUT2D eigenvalue weighted by atomic mass is 10.1. The molecule has 10 heteroatoms. The van der Waals surface area contributed by atoms with Crippen LogP contribution in [0.25, 0.3) is 10.9 Å². The van der Waals surface area contributed by atoms with Crippen LogP contribution in [0.15, 0.2) is 44.7 Å². The Morgan fingerprint density at radius 3 is 2.80 bits per heavy atom. The van der Waals surface area contributed by atoms with Crippen molar-refractivity contribution in [3.8, 4) is 11.5 Å². The zero-order valence-electron chi connectivity index (χ0n) is 16.0. The molecular weight excluding hydrogens is 456 g/mol. The summed E-state index contributed by atoms with van der Waals surface area (Å²) in [4.78, 5) is 28.6. The number of benzene rings is 2. The van der Waals surface area contributed by atoms with E-state index in [1.54, 1.807) is 12.1 Å². The number of hydrogen-bond acceptors (Lipinski definition) is 7. The fourth-order valence-electron chi connectivity index (χ4n) is 3.14. The molecule has 0 saturated heterocycles. The smallest absolute Gasteiger partial charge is 0.282 e. The summed E-state index contributed by atoms with van der Waals surface area (Å²) in [5.41, 5.74) is 0.247. The van der Waals surface area contributed by atoms with E-state index >= 15 is 0 Å². The monoisotopic (exact) mass is 472 g/mol. The molecule has 30 heavy (non-hydrogen) atoms. The predicted octanol–water partition coefficient (Wildman–Crippen LogP) is 4.02. The number of aryl methyl sites for hydroxylation is 1. The molecule has 0 spiro atoms. The Morgan fingerprint density at radius 2 is 2.07 bits per heavy atom. The first-order valence-corrected chi connectivity index (χ1v) is 10.1. The van der Waals surface area contributed by atoms with Crippen LogP contribution in [-0.2, 0) is 6.42 Å². The van der Waals surface area contributed by atoms with Gasteiger partial charge in [-0.3, -0.25) is 14.9 Å². The van der Waals surface area contributed by atoms with Crippen molar-refractivity contribution in [2.24, 2.45) is 5.10 Å². The van der Waals surface area contributed by atoms with E-state index in [-0.39, 0.29) is 23.6 Å². The Hall–Kier alpha value is -3.27. The molecule has 154 valence electrons. The molecule has 0 atom stereocenters. The summed E-state index contributed by atoms with van der Waals surface area (Å²) in [7, 11) is 0. The number of ether oxygens (including phenoxy) is 2. The maximum Gasteiger partial charge on any atom is 0.282 e. The van der Waals surface area contributed by atoms with Crippen LogP contribution in [0.5, 0.6) is 11.5 Å². The van der Waals surface area contributed by atoms with Gasteiger partial charge in [-0.1, -0.05) is 29.3 Å². The van der Waals surface area contributed by atoms with Crippen LogP contribution in [0, 0.1) is 10.1 Å². The topological polar surface area (TPSA) is 109 Å². The van der Waals surface area contributed by atoms with Gasteiger partial charge in [0.05, 0.1) is 33.7 Å². The minimum absolute atomic E-state index is 0.00280. The number of hydrogen-bond donors (Lipinski definition) is 0. The zero-order chi connectivity index (χ0) is 21.3. The summed E-state index contributed by atoms with van der Waals surface area (Å²) < 4.78 is 12.5. The van der Waals surface area contributed by atoms with Crippen LogP contribution in [0.1, 0.15) is 31.2 Å². The van der Waals surface area contributed by atoms with Gasteiger partial charge in [-0.15, -0.1) is 0 Å². The molecule has 3 aromatic rings. The highest BCUT2D eigenvalue weighted by Gasteiger charge is 2.22. The van der Waals surface area contributed by atoms with Gasteiger partial charge in [0.2, 0.25) is 6.79 Å². The van der Waals surface area contributed by atoms with Crippen molar-refractivity contribution in [1.29, 1.82) is 0 Å². The van der Waals surface area contributed by atoms with E-state index in [0.717, 1.165) is 17.3 Å². The first-order chi connectivity index (χ1) is 14.5. The summed E-state index contributed by atoms with van der Waals surface area (Å²) in [5, 5.41) is 16.2. The van der Waals surface area contributed by atoms with Crippen molar-refractivity contribution < 1.29 is 14.4 Å². The maximum atomic E-state index is 13.1. The Bertz CT molecular complexity index is 1240. The van der Waals surface area contributed by atoms with Crippen LogP contribution in [0.2, 0.25) is 0 Å². The molecule has 0 radical (unpaired) electrons. The highest BCUT2D eigenvalue weighted by molar-refractivity contribution is 9.10. The lowest BCUT2D eigenvalue weighted by molar-refractivity contribution is -0.385. The normalized spacial score (nSPS) is 12.7. The molecule has 0 fully saturated rings. The summed E-state index contributed by atoms with van der Waals surface area (Å²) in [5.74, 6) is 1.19. The average Bonchev–Trinajstić information content (AvgIpc) is 3.19. The second-order valence-electron chi connectivity index (χ2n) is 6.68. The molecule has 0 N–H and O–H groups in total. The summed E-state index contributed by atoms with van der Waals surface area (Å²) in [6.07, 6.45) is 3.58. The van der Waals surface area contributed by atoms with Gasteiger partial charge in [-0.25, -0.2) is 4.98 Å². The molecule has 0 saturated carbocycles. The summed E-state index contributed by atoms with van der Waals surface area (Å²) in [6.45, 7) is 2.04. The molecule has 4 rings (SSSR count). The van der Waals surface area contributed by atoms with Gasteiger partial charge in [-0.05, 0) is 30.7 Å². The van der Waals surface area contributed by atoms with Crippen molar-refractivity contribution in [2.45, 2.75) is 26.2 Å². The Morgan fingerprint density at radius 1 is 1.30 bits per heavy atom. The van der Waals surface area contributed by atoms with Crippen LogP contribution in [0.4, 0.5) is 5.69 Å². The van der Waals surface area contributed by atoms with Gasteiger partial charge in [-0.2, -0.15) is 9.78 Å². The molecule has 0 amide bonds. The molecule has 0 unspecified atom stereocenters. The second kappa shape index (κ2) is 8.23. The van der Waals surface area contributed by atoms with Crippen LogP contribution in [-0.4, -0.2) is 27.6 Å². The zero-order valence-corrected chi connectivity index (χ0v) is 17.6. The maximum absolute atomic E-state index is 13.1. The number of fused-ring (bicyclic) bond motifs is 2. The standard InChI is InChI=1S/C20H17BrN4O5/c1-2-3-4-19-23-15-6-5-13(21)8-14(15)20(26)24(19)22-10-12-7-17-18(30-11-29-17)9-16(12)25(27)28/h5-10H,2-4,11H2,1H3. The van der Waals surface area contributed by atoms with E-state index < -0.39 is 4.92 Å². The molecule has 1 aromatic heterocycles. The predicted molar refractivity (Wildman–Crippen MR) is 115 cm³/mol. The number of halogens is 1. The van der Waals surface area contributed by atoms with Gasteiger partial charge >= 0.3 is 0 Å². The molecular formula is C20H17BrN4O5.